The largest absolute Gasteiger partial charge is 0.451 e. The van der Waals surface area contributed by atoms with Crippen LogP contribution in [0.1, 0.15) is 40.5 Å². The number of carbonyl (C=O) groups is 5. The predicted octanol–water partition coefficient (Wildman–Crippen LogP) is 1.63. The van der Waals surface area contributed by atoms with Crippen LogP contribution in [0.25, 0.3) is 0 Å². The summed E-state index contributed by atoms with van der Waals surface area (Å²) in [4.78, 5) is 60.9. The second-order valence-electron chi connectivity index (χ2n) is 6.99. The predicted molar refractivity (Wildman–Crippen MR) is 108 cm³/mol. The number of nitrogens with zero attached hydrogens (tertiary/aromatic N) is 1. The normalized spacial score (nSPS) is 15.9. The maximum Gasteiger partial charge on any atom is 0.327 e. The van der Waals surface area contributed by atoms with E-state index >= 15 is 0 Å². The Bertz CT molecular complexity index is 847. The topological polar surface area (TPSA) is 134 Å². The van der Waals surface area contributed by atoms with Crippen molar-refractivity contribution in [1.29, 1.82) is 0 Å². The maximum absolute atomic E-state index is 12.5. The fourth-order valence-electron chi connectivity index (χ4n) is 3.05. The molecule has 5 amide bonds. The minimum atomic E-state index is -1.14. The lowest BCUT2D eigenvalue weighted by molar-refractivity contribution is -0.155. The fraction of sp³-hybridized carbons (Fsp3) is 0.450. The molecule has 1 fully saturated rings. The van der Waals surface area contributed by atoms with Crippen LogP contribution in [0.5, 0.6) is 0 Å². The molecule has 0 aromatic heterocycles. The maximum atomic E-state index is 12.5. The molecule has 1 atom stereocenters. The van der Waals surface area contributed by atoms with Gasteiger partial charge >= 0.3 is 12.0 Å². The average molecular weight is 418 g/mol. The Balaban J connectivity index is 1.91. The summed E-state index contributed by atoms with van der Waals surface area (Å²) in [5.41, 5.74) is 0.00886. The van der Waals surface area contributed by atoms with Crippen LogP contribution in [0.2, 0.25) is 0 Å². The number of hydrogen-bond acceptors (Lipinski definition) is 6. The van der Waals surface area contributed by atoms with Crippen molar-refractivity contribution >= 4 is 41.1 Å². The Morgan fingerprint density at radius 1 is 1.07 bits per heavy atom. The van der Waals surface area contributed by atoms with Gasteiger partial charge in [-0.25, -0.2) is 4.79 Å². The number of urea groups is 1. The molecule has 1 aliphatic rings. The van der Waals surface area contributed by atoms with Crippen LogP contribution < -0.4 is 16.0 Å². The Hall–Kier alpha value is -3.43. The Kier molecular flexibility index (Phi) is 7.14. The second-order valence-corrected chi connectivity index (χ2v) is 6.99. The summed E-state index contributed by atoms with van der Waals surface area (Å²) < 4.78 is 5.07. The number of nitrogens with one attached hydrogen (secondary N) is 3. The number of rotatable bonds is 8. The van der Waals surface area contributed by atoms with Crippen LogP contribution in [0.15, 0.2) is 24.3 Å². The van der Waals surface area contributed by atoms with Crippen LogP contribution in [-0.4, -0.2) is 52.8 Å². The Labute approximate surface area is 174 Å². The molecule has 0 spiro atoms. The summed E-state index contributed by atoms with van der Waals surface area (Å²) in [6.45, 7) is 5.75. The third-order valence-electron chi connectivity index (χ3n) is 4.89. The molecule has 3 N–H and O–H groups in total. The molecular weight excluding hydrogens is 392 g/mol. The van der Waals surface area contributed by atoms with Crippen LogP contribution in [-0.2, 0) is 23.9 Å². The highest BCUT2D eigenvalue weighted by Crippen LogP contribution is 2.24. The lowest BCUT2D eigenvalue weighted by atomic mass is 9.93. The van der Waals surface area contributed by atoms with E-state index in [1.807, 2.05) is 0 Å². The number of esters is 1. The van der Waals surface area contributed by atoms with Gasteiger partial charge in [-0.05, 0) is 44.0 Å². The molecule has 10 heteroatoms. The van der Waals surface area contributed by atoms with Crippen molar-refractivity contribution in [2.45, 2.75) is 52.2 Å². The molecule has 1 aliphatic heterocycles. The molecule has 0 radical (unpaired) electrons. The third kappa shape index (κ3) is 5.13. The fourth-order valence-corrected chi connectivity index (χ4v) is 3.05. The summed E-state index contributed by atoms with van der Waals surface area (Å²) in [6, 6.07) is 5.73. The molecule has 0 bridgehead atoms. The molecule has 1 aromatic rings. The minimum Gasteiger partial charge on any atom is -0.451 e. The van der Waals surface area contributed by atoms with Crippen LogP contribution in [0, 0.1) is 0 Å². The van der Waals surface area contributed by atoms with E-state index in [2.05, 4.69) is 16.0 Å². The van der Waals surface area contributed by atoms with Crippen molar-refractivity contribution in [3.8, 4) is 0 Å². The van der Waals surface area contributed by atoms with Gasteiger partial charge in [0.1, 0.15) is 12.1 Å². The number of hydrogen-bond donors (Lipinski definition) is 3. The quantitative estimate of drug-likeness (QED) is 0.434. The van der Waals surface area contributed by atoms with Gasteiger partial charge in [0, 0.05) is 18.3 Å². The van der Waals surface area contributed by atoms with Gasteiger partial charge in [-0.3, -0.25) is 24.1 Å². The number of benzene rings is 1. The lowest BCUT2D eigenvalue weighted by Crippen LogP contribution is -2.46. The molecule has 30 heavy (non-hydrogen) atoms. The highest BCUT2D eigenvalue weighted by Gasteiger charge is 2.49. The minimum absolute atomic E-state index is 0.215. The van der Waals surface area contributed by atoms with E-state index < -0.39 is 42.0 Å². The number of carbonyl (C=O) groups excluding carboxylic acids is 5. The van der Waals surface area contributed by atoms with Gasteiger partial charge in [-0.15, -0.1) is 0 Å². The first-order valence-corrected chi connectivity index (χ1v) is 9.64. The van der Waals surface area contributed by atoms with Crippen molar-refractivity contribution < 1.29 is 28.7 Å². The Morgan fingerprint density at radius 3 is 2.07 bits per heavy atom. The van der Waals surface area contributed by atoms with Crippen molar-refractivity contribution in [2.75, 3.05) is 17.2 Å². The third-order valence-corrected chi connectivity index (χ3v) is 4.89. The van der Waals surface area contributed by atoms with Crippen molar-refractivity contribution in [3.05, 3.63) is 24.3 Å². The molecule has 162 valence electrons. The lowest BCUT2D eigenvalue weighted by Gasteiger charge is -2.23. The molecule has 1 heterocycles. The highest BCUT2D eigenvalue weighted by atomic mass is 16.5. The molecule has 2 rings (SSSR count). The molecule has 10 nitrogen and oxygen atoms in total. The zero-order valence-corrected chi connectivity index (χ0v) is 17.4. The van der Waals surface area contributed by atoms with Crippen molar-refractivity contribution in [2.24, 2.45) is 0 Å². The van der Waals surface area contributed by atoms with E-state index in [9.17, 15) is 24.0 Å². The van der Waals surface area contributed by atoms with E-state index in [1.54, 1.807) is 38.1 Å². The number of ether oxygens (including phenoxy) is 1. The summed E-state index contributed by atoms with van der Waals surface area (Å²) in [7, 11) is 0. The summed E-state index contributed by atoms with van der Waals surface area (Å²) in [5.74, 6) is -2.15. The van der Waals surface area contributed by atoms with Crippen molar-refractivity contribution in [1.82, 2.24) is 10.2 Å². The monoisotopic (exact) mass is 418 g/mol. The van der Waals surface area contributed by atoms with Gasteiger partial charge in [0.15, 0.2) is 6.10 Å². The van der Waals surface area contributed by atoms with Gasteiger partial charge in [0.2, 0.25) is 5.91 Å². The number of amides is 5. The van der Waals surface area contributed by atoms with Gasteiger partial charge in [-0.1, -0.05) is 13.8 Å². The smallest absolute Gasteiger partial charge is 0.327 e. The first kappa shape index (κ1) is 22.9. The standard InChI is InChI=1S/C20H26N4O6/c1-5-20(6-2)18(28)24(19(29)23-20)11-16(26)30-12(3)17(27)22-15-9-7-14(8-10-15)21-13(4)25/h7-10,12H,5-6,11H2,1-4H3,(H,21,25)(H,22,27)(H,23,29)/t12-/m1/s1. The first-order chi connectivity index (χ1) is 14.1. The molecule has 0 aliphatic carbocycles. The highest BCUT2D eigenvalue weighted by molar-refractivity contribution is 6.08. The number of imide groups is 1. The zero-order valence-electron chi connectivity index (χ0n) is 17.4. The SMILES string of the molecule is CCC1(CC)NC(=O)N(CC(=O)O[C@H](C)C(=O)Nc2ccc(NC(C)=O)cc2)C1=O. The van der Waals surface area contributed by atoms with Crippen LogP contribution in [0.4, 0.5) is 16.2 Å². The second kappa shape index (κ2) is 9.38. The first-order valence-electron chi connectivity index (χ1n) is 9.64. The van der Waals surface area contributed by atoms with Gasteiger partial charge < -0.3 is 20.7 Å². The van der Waals surface area contributed by atoms with Crippen molar-refractivity contribution in [3.63, 3.8) is 0 Å². The van der Waals surface area contributed by atoms with E-state index in [-0.39, 0.29) is 5.91 Å². The average Bonchev–Trinajstić information content (AvgIpc) is 2.93. The van der Waals surface area contributed by atoms with Gasteiger partial charge in [0.05, 0.1) is 0 Å². The summed E-state index contributed by atoms with van der Waals surface area (Å²) >= 11 is 0. The molecular formula is C20H26N4O6. The molecule has 0 saturated carbocycles. The van der Waals surface area contributed by atoms with E-state index in [1.165, 1.54) is 13.8 Å². The van der Waals surface area contributed by atoms with E-state index in [0.717, 1.165) is 4.90 Å². The van der Waals surface area contributed by atoms with Gasteiger partial charge in [0.25, 0.3) is 11.8 Å². The van der Waals surface area contributed by atoms with E-state index in [4.69, 9.17) is 4.74 Å². The molecule has 1 saturated heterocycles. The van der Waals surface area contributed by atoms with E-state index in [0.29, 0.717) is 24.2 Å². The summed E-state index contributed by atoms with van der Waals surface area (Å²) in [6.07, 6.45) is -0.339. The Morgan fingerprint density at radius 2 is 1.60 bits per heavy atom. The molecule has 1 aromatic carbocycles. The number of anilines is 2. The zero-order chi connectivity index (χ0) is 22.5. The van der Waals surface area contributed by atoms with Gasteiger partial charge in [-0.2, -0.15) is 0 Å². The molecule has 0 unspecified atom stereocenters. The van der Waals surface area contributed by atoms with Crippen LogP contribution >= 0.6 is 0 Å². The summed E-state index contributed by atoms with van der Waals surface area (Å²) in [5, 5.41) is 7.81. The van der Waals surface area contributed by atoms with Crippen LogP contribution in [0.3, 0.4) is 0 Å².